The number of amides is 1. The van der Waals surface area contributed by atoms with Gasteiger partial charge in [-0.3, -0.25) is 4.79 Å². The first-order valence-corrected chi connectivity index (χ1v) is 9.86. The molecule has 1 N–H and O–H groups in total. The van der Waals surface area contributed by atoms with Crippen LogP contribution >= 0.6 is 0 Å². The molecule has 1 amide bonds. The minimum Gasteiger partial charge on any atom is -0.446 e. The van der Waals surface area contributed by atoms with Crippen LogP contribution in [-0.2, 0) is 13.0 Å². The maximum atomic E-state index is 12.4. The van der Waals surface area contributed by atoms with Crippen molar-refractivity contribution in [3.05, 3.63) is 96.5 Å². The molecule has 0 aliphatic rings. The van der Waals surface area contributed by atoms with E-state index < -0.39 is 0 Å². The van der Waals surface area contributed by atoms with E-state index in [1.807, 2.05) is 41.0 Å². The van der Waals surface area contributed by atoms with E-state index in [0.717, 1.165) is 17.5 Å². The van der Waals surface area contributed by atoms with E-state index in [2.05, 4.69) is 45.6 Å². The summed E-state index contributed by atoms with van der Waals surface area (Å²) in [5, 5.41) is 5.33. The molecule has 2 aromatic heterocycles. The third-order valence-electron chi connectivity index (χ3n) is 5.13. The number of hydrogen-bond donors (Lipinski definition) is 1. The van der Waals surface area contributed by atoms with Gasteiger partial charge >= 0.3 is 0 Å². The second kappa shape index (κ2) is 7.83. The molecule has 148 valence electrons. The lowest BCUT2D eigenvalue weighted by Crippen LogP contribution is -2.26. The summed E-state index contributed by atoms with van der Waals surface area (Å²) >= 11 is 0. The number of carbonyl (C=O) groups is 1. The van der Waals surface area contributed by atoms with Crippen molar-refractivity contribution in [1.29, 1.82) is 0 Å². The fourth-order valence-corrected chi connectivity index (χ4v) is 3.58. The number of para-hydroxylation sites is 2. The highest BCUT2D eigenvalue weighted by Gasteiger charge is 2.13. The third-order valence-corrected chi connectivity index (χ3v) is 5.13. The summed E-state index contributed by atoms with van der Waals surface area (Å²) in [6, 6.07) is 22.5. The first-order valence-electron chi connectivity index (χ1n) is 9.86. The Hall–Kier alpha value is -3.93. The number of nitrogens with zero attached hydrogens (tertiary/aromatic N) is 3. The molecule has 2 heterocycles. The van der Waals surface area contributed by atoms with Crippen molar-refractivity contribution in [3.63, 3.8) is 0 Å². The zero-order chi connectivity index (χ0) is 20.3. The Kier molecular flexibility index (Phi) is 4.73. The number of oxazole rings is 1. The van der Waals surface area contributed by atoms with Crippen LogP contribution in [0.25, 0.3) is 21.8 Å². The van der Waals surface area contributed by atoms with Gasteiger partial charge in [0.15, 0.2) is 5.69 Å². The van der Waals surface area contributed by atoms with Crippen LogP contribution in [0.2, 0.25) is 0 Å². The van der Waals surface area contributed by atoms with Crippen molar-refractivity contribution in [2.75, 3.05) is 6.54 Å². The highest BCUT2D eigenvalue weighted by atomic mass is 16.3. The van der Waals surface area contributed by atoms with E-state index in [1.165, 1.54) is 22.6 Å². The Balaban J connectivity index is 1.20. The lowest BCUT2D eigenvalue weighted by molar-refractivity contribution is 0.0949. The molecule has 0 fully saturated rings. The lowest BCUT2D eigenvalue weighted by Gasteiger charge is -2.05. The summed E-state index contributed by atoms with van der Waals surface area (Å²) in [6.07, 6.45) is 3.90. The van der Waals surface area contributed by atoms with Gasteiger partial charge in [-0.1, -0.05) is 54.6 Å². The molecule has 0 saturated heterocycles. The van der Waals surface area contributed by atoms with Crippen molar-refractivity contribution in [2.24, 2.45) is 0 Å². The topological polar surface area (TPSA) is 73.0 Å². The van der Waals surface area contributed by atoms with E-state index in [0.29, 0.717) is 19.0 Å². The first kappa shape index (κ1) is 18.1. The Labute approximate surface area is 173 Å². The normalized spacial score (nSPS) is 11.2. The van der Waals surface area contributed by atoms with E-state index in [9.17, 15) is 4.79 Å². The molecule has 30 heavy (non-hydrogen) atoms. The van der Waals surface area contributed by atoms with Gasteiger partial charge in [0.2, 0.25) is 5.89 Å². The summed E-state index contributed by atoms with van der Waals surface area (Å²) in [6.45, 7) is 0.955. The number of benzene rings is 3. The van der Waals surface area contributed by atoms with E-state index >= 15 is 0 Å². The summed E-state index contributed by atoms with van der Waals surface area (Å²) < 4.78 is 7.45. The average Bonchev–Trinajstić information content (AvgIpc) is 3.41. The largest absolute Gasteiger partial charge is 0.446 e. The van der Waals surface area contributed by atoms with Crippen LogP contribution in [0.3, 0.4) is 0 Å². The van der Waals surface area contributed by atoms with Crippen molar-refractivity contribution >= 4 is 27.7 Å². The fourth-order valence-electron chi connectivity index (χ4n) is 3.58. The number of fused-ring (bicyclic) bond motifs is 2. The second-order valence-electron chi connectivity index (χ2n) is 7.18. The van der Waals surface area contributed by atoms with Crippen molar-refractivity contribution in [1.82, 2.24) is 19.9 Å². The number of carbonyl (C=O) groups excluding carboxylic acids is 1. The first-order chi connectivity index (χ1) is 14.8. The van der Waals surface area contributed by atoms with Gasteiger partial charge in [0, 0.05) is 6.54 Å². The molecular weight excluding hydrogens is 376 g/mol. The summed E-state index contributed by atoms with van der Waals surface area (Å²) in [4.78, 5) is 21.1. The van der Waals surface area contributed by atoms with Crippen molar-refractivity contribution in [3.8, 4) is 0 Å². The lowest BCUT2D eigenvalue weighted by atomic mass is 10.1. The molecule has 0 radical (unpaired) electrons. The molecule has 6 heteroatoms. The molecular formula is C24H20N4O2. The maximum absolute atomic E-state index is 12.4. The SMILES string of the molecule is O=C(NCCc1ccc2ccccc2c1)c1coc(Cn2cnc3ccccc32)n1. The van der Waals surface area contributed by atoms with Crippen molar-refractivity contribution in [2.45, 2.75) is 13.0 Å². The van der Waals surface area contributed by atoms with Crippen LogP contribution in [0.1, 0.15) is 21.9 Å². The van der Waals surface area contributed by atoms with Crippen LogP contribution in [0.4, 0.5) is 0 Å². The monoisotopic (exact) mass is 396 g/mol. The van der Waals surface area contributed by atoms with Gasteiger partial charge in [-0.15, -0.1) is 0 Å². The van der Waals surface area contributed by atoms with Crippen LogP contribution in [-0.4, -0.2) is 27.0 Å². The highest BCUT2D eigenvalue weighted by Crippen LogP contribution is 2.16. The summed E-state index contributed by atoms with van der Waals surface area (Å²) in [7, 11) is 0. The smallest absolute Gasteiger partial charge is 0.273 e. The minimum atomic E-state index is -0.235. The second-order valence-corrected chi connectivity index (χ2v) is 7.18. The van der Waals surface area contributed by atoms with Gasteiger partial charge < -0.3 is 14.3 Å². The Morgan fingerprint density at radius 3 is 2.77 bits per heavy atom. The molecule has 5 rings (SSSR count). The number of rotatable bonds is 6. The predicted octanol–water partition coefficient (Wildman–Crippen LogP) is 4.20. The summed E-state index contributed by atoms with van der Waals surface area (Å²) in [5.41, 5.74) is 3.38. The van der Waals surface area contributed by atoms with Gasteiger partial charge in [-0.2, -0.15) is 0 Å². The quantitative estimate of drug-likeness (QED) is 0.467. The molecule has 0 saturated carbocycles. The van der Waals surface area contributed by atoms with Gasteiger partial charge in [-0.25, -0.2) is 9.97 Å². The molecule has 3 aromatic carbocycles. The van der Waals surface area contributed by atoms with Gasteiger partial charge in [0.25, 0.3) is 5.91 Å². The molecule has 0 aliphatic heterocycles. The standard InChI is InChI=1S/C24H20N4O2/c29-24(25-12-11-17-9-10-18-5-1-2-6-19(18)13-17)21-15-30-23(27-21)14-28-16-26-20-7-3-4-8-22(20)28/h1-10,13,15-16H,11-12,14H2,(H,25,29). The van der Waals surface area contributed by atoms with E-state index in [4.69, 9.17) is 4.42 Å². The van der Waals surface area contributed by atoms with Crippen LogP contribution in [0.5, 0.6) is 0 Å². The van der Waals surface area contributed by atoms with Gasteiger partial charge in [0.1, 0.15) is 12.8 Å². The molecule has 0 bridgehead atoms. The Bertz CT molecular complexity index is 1340. The molecule has 5 aromatic rings. The van der Waals surface area contributed by atoms with E-state index in [-0.39, 0.29) is 11.6 Å². The number of aromatic nitrogens is 3. The molecule has 0 atom stereocenters. The number of hydrogen-bond acceptors (Lipinski definition) is 4. The minimum absolute atomic E-state index is 0.235. The van der Waals surface area contributed by atoms with Crippen LogP contribution < -0.4 is 5.32 Å². The van der Waals surface area contributed by atoms with Crippen molar-refractivity contribution < 1.29 is 9.21 Å². The molecule has 0 spiro atoms. The predicted molar refractivity (Wildman–Crippen MR) is 115 cm³/mol. The molecule has 6 nitrogen and oxygen atoms in total. The molecule has 0 unspecified atom stereocenters. The van der Waals surface area contributed by atoms with Crippen LogP contribution in [0.15, 0.2) is 83.7 Å². The highest BCUT2D eigenvalue weighted by molar-refractivity contribution is 5.92. The fraction of sp³-hybridized carbons (Fsp3) is 0.125. The average molecular weight is 396 g/mol. The van der Waals surface area contributed by atoms with Gasteiger partial charge in [0.05, 0.1) is 17.4 Å². The Morgan fingerprint density at radius 1 is 1.00 bits per heavy atom. The zero-order valence-electron chi connectivity index (χ0n) is 16.3. The van der Waals surface area contributed by atoms with Gasteiger partial charge in [-0.05, 0) is 34.9 Å². The maximum Gasteiger partial charge on any atom is 0.273 e. The Morgan fingerprint density at radius 2 is 1.83 bits per heavy atom. The summed E-state index contributed by atoms with van der Waals surface area (Å²) in [5.74, 6) is 0.235. The third kappa shape index (κ3) is 3.67. The van der Waals surface area contributed by atoms with E-state index in [1.54, 1.807) is 6.33 Å². The number of nitrogens with one attached hydrogen (secondary N) is 1. The van der Waals surface area contributed by atoms with Crippen LogP contribution in [0, 0.1) is 0 Å². The zero-order valence-corrected chi connectivity index (χ0v) is 16.3. The number of imidazole rings is 1. The molecule has 0 aliphatic carbocycles.